The van der Waals surface area contributed by atoms with E-state index in [9.17, 15) is 4.79 Å². The quantitative estimate of drug-likeness (QED) is 0.548. The Morgan fingerprint density at radius 1 is 1.18 bits per heavy atom. The SMILES string of the molecule is O=C(NCCCn1ccnc1)[C@H]1CN([C@@H]2c3ncccc3CCc3cccc(Cl)c32)CCN1. The minimum atomic E-state index is -0.270. The molecule has 1 aliphatic heterocycles. The van der Waals surface area contributed by atoms with Crippen LogP contribution < -0.4 is 10.6 Å². The summed E-state index contributed by atoms with van der Waals surface area (Å²) in [5, 5.41) is 7.27. The van der Waals surface area contributed by atoms with Crippen LogP contribution in [0.3, 0.4) is 0 Å². The molecule has 0 radical (unpaired) electrons. The van der Waals surface area contributed by atoms with E-state index >= 15 is 0 Å². The lowest BCUT2D eigenvalue weighted by atomic mass is 9.95. The van der Waals surface area contributed by atoms with E-state index in [1.165, 1.54) is 11.1 Å². The van der Waals surface area contributed by atoms with Crippen molar-refractivity contribution < 1.29 is 4.79 Å². The van der Waals surface area contributed by atoms with Crippen molar-refractivity contribution in [1.29, 1.82) is 0 Å². The van der Waals surface area contributed by atoms with Gasteiger partial charge in [-0.05, 0) is 48.1 Å². The molecule has 2 atom stereocenters. The summed E-state index contributed by atoms with van der Waals surface area (Å²) in [6.07, 6.45) is 10.1. The molecular formula is C25H29ClN6O. The van der Waals surface area contributed by atoms with Crippen LogP contribution in [-0.2, 0) is 24.2 Å². The van der Waals surface area contributed by atoms with Crippen molar-refractivity contribution in [1.82, 2.24) is 30.1 Å². The Morgan fingerprint density at radius 3 is 2.94 bits per heavy atom. The Kier molecular flexibility index (Phi) is 6.71. The van der Waals surface area contributed by atoms with Crippen molar-refractivity contribution in [2.24, 2.45) is 0 Å². The van der Waals surface area contributed by atoms with Gasteiger partial charge in [-0.2, -0.15) is 0 Å². The highest BCUT2D eigenvalue weighted by Crippen LogP contribution is 2.39. The number of carbonyl (C=O) groups excluding carboxylic acids is 1. The van der Waals surface area contributed by atoms with Crippen LogP contribution in [0.5, 0.6) is 0 Å². The second-order valence-corrected chi connectivity index (χ2v) is 9.12. The number of hydrogen-bond acceptors (Lipinski definition) is 5. The van der Waals surface area contributed by atoms with Crippen LogP contribution in [0.2, 0.25) is 5.02 Å². The fourth-order valence-electron chi connectivity index (χ4n) is 4.97. The van der Waals surface area contributed by atoms with Crippen molar-refractivity contribution in [2.75, 3.05) is 26.2 Å². The van der Waals surface area contributed by atoms with Gasteiger partial charge in [-0.1, -0.05) is 29.8 Å². The molecule has 2 N–H and O–H groups in total. The molecule has 5 rings (SSSR count). The summed E-state index contributed by atoms with van der Waals surface area (Å²) in [5.74, 6) is 0.0413. The number of rotatable bonds is 6. The molecule has 0 spiro atoms. The maximum absolute atomic E-state index is 13.0. The van der Waals surface area contributed by atoms with Gasteiger partial charge in [0, 0.05) is 56.3 Å². The number of fused-ring (bicyclic) bond motifs is 2. The number of piperazine rings is 1. The fraction of sp³-hybridized carbons (Fsp3) is 0.400. The van der Waals surface area contributed by atoms with Crippen LogP contribution in [-0.4, -0.2) is 57.6 Å². The van der Waals surface area contributed by atoms with E-state index in [1.807, 2.05) is 35.2 Å². The summed E-state index contributed by atoms with van der Waals surface area (Å²) in [6.45, 7) is 3.65. The number of halogens is 1. The summed E-state index contributed by atoms with van der Waals surface area (Å²) < 4.78 is 2.02. The number of imidazole rings is 1. The molecule has 1 amide bonds. The molecular weight excluding hydrogens is 436 g/mol. The number of hydrogen-bond donors (Lipinski definition) is 2. The standard InChI is InChI=1S/C25H29ClN6O/c26-20-6-1-4-18-7-8-19-5-2-9-29-23(19)24(22(18)20)32-15-12-28-21(16-32)25(33)30-10-3-13-31-14-11-27-17-31/h1-2,4-6,9,11,14,17,21,24,28H,3,7-8,10,12-13,15-16H2,(H,30,33)/t21-,24+/m1/s1. The number of benzene rings is 1. The Hall–Kier alpha value is -2.74. The molecule has 1 saturated heterocycles. The minimum absolute atomic E-state index is 0.0413. The van der Waals surface area contributed by atoms with Crippen molar-refractivity contribution in [3.8, 4) is 0 Å². The Morgan fingerprint density at radius 2 is 2.06 bits per heavy atom. The zero-order chi connectivity index (χ0) is 22.6. The molecule has 3 heterocycles. The normalized spacial score (nSPS) is 20.5. The van der Waals surface area contributed by atoms with E-state index in [0.717, 1.165) is 55.2 Å². The molecule has 2 aliphatic rings. The maximum Gasteiger partial charge on any atom is 0.238 e. The number of aryl methyl sites for hydroxylation is 3. The number of nitrogens with zero attached hydrogens (tertiary/aromatic N) is 4. The first kappa shape index (κ1) is 22.1. The van der Waals surface area contributed by atoms with Gasteiger partial charge in [0.15, 0.2) is 0 Å². The van der Waals surface area contributed by atoms with E-state index in [4.69, 9.17) is 16.6 Å². The number of nitrogens with one attached hydrogen (secondary N) is 2. The average molecular weight is 465 g/mol. The molecule has 3 aromatic rings. The average Bonchev–Trinajstić information content (AvgIpc) is 3.30. The Balaban J connectivity index is 1.32. The smallest absolute Gasteiger partial charge is 0.238 e. The fourth-order valence-corrected chi connectivity index (χ4v) is 5.27. The number of amides is 1. The van der Waals surface area contributed by atoms with Crippen molar-refractivity contribution in [3.63, 3.8) is 0 Å². The molecule has 33 heavy (non-hydrogen) atoms. The van der Waals surface area contributed by atoms with Crippen LogP contribution >= 0.6 is 11.6 Å². The van der Waals surface area contributed by atoms with Gasteiger partial charge in [0.05, 0.1) is 24.1 Å². The number of aromatic nitrogens is 3. The molecule has 1 aromatic carbocycles. The van der Waals surface area contributed by atoms with Crippen LogP contribution in [0, 0.1) is 0 Å². The van der Waals surface area contributed by atoms with E-state index < -0.39 is 0 Å². The predicted octanol–water partition coefficient (Wildman–Crippen LogP) is 2.60. The first-order chi connectivity index (χ1) is 16.2. The predicted molar refractivity (Wildman–Crippen MR) is 128 cm³/mol. The van der Waals surface area contributed by atoms with Crippen LogP contribution in [0.15, 0.2) is 55.2 Å². The van der Waals surface area contributed by atoms with Gasteiger partial charge in [-0.3, -0.25) is 14.7 Å². The maximum atomic E-state index is 13.0. The molecule has 0 bridgehead atoms. The third-order valence-electron chi connectivity index (χ3n) is 6.61. The monoisotopic (exact) mass is 464 g/mol. The van der Waals surface area contributed by atoms with E-state index in [-0.39, 0.29) is 18.0 Å². The molecule has 1 aliphatic carbocycles. The third kappa shape index (κ3) is 4.81. The van der Waals surface area contributed by atoms with Crippen LogP contribution in [0.1, 0.15) is 34.8 Å². The summed E-state index contributed by atoms with van der Waals surface area (Å²) in [5.41, 5.74) is 4.72. The van der Waals surface area contributed by atoms with Crippen molar-refractivity contribution in [2.45, 2.75) is 37.9 Å². The van der Waals surface area contributed by atoms with Crippen LogP contribution in [0.4, 0.5) is 0 Å². The Labute approximate surface area is 199 Å². The largest absolute Gasteiger partial charge is 0.355 e. The second kappa shape index (κ2) is 10.0. The molecule has 2 aromatic heterocycles. The van der Waals surface area contributed by atoms with Crippen LogP contribution in [0.25, 0.3) is 0 Å². The lowest BCUT2D eigenvalue weighted by molar-refractivity contribution is -0.124. The summed E-state index contributed by atoms with van der Waals surface area (Å²) in [4.78, 5) is 24.2. The summed E-state index contributed by atoms with van der Waals surface area (Å²) in [6, 6.07) is 10.0. The van der Waals surface area contributed by atoms with Gasteiger partial charge in [0.1, 0.15) is 0 Å². The van der Waals surface area contributed by atoms with Crippen molar-refractivity contribution in [3.05, 3.63) is 82.7 Å². The summed E-state index contributed by atoms with van der Waals surface area (Å²) in [7, 11) is 0. The number of pyridine rings is 1. The highest BCUT2D eigenvalue weighted by atomic mass is 35.5. The lowest BCUT2D eigenvalue weighted by Gasteiger charge is -2.39. The van der Waals surface area contributed by atoms with E-state index in [2.05, 4.69) is 32.7 Å². The van der Waals surface area contributed by atoms with E-state index in [0.29, 0.717) is 13.1 Å². The van der Waals surface area contributed by atoms with Gasteiger partial charge < -0.3 is 15.2 Å². The Bertz CT molecular complexity index is 1100. The molecule has 1 fully saturated rings. The van der Waals surface area contributed by atoms with Crippen molar-refractivity contribution >= 4 is 17.5 Å². The van der Waals surface area contributed by atoms with Gasteiger partial charge in [-0.25, -0.2) is 4.98 Å². The molecule has 7 nitrogen and oxygen atoms in total. The topological polar surface area (TPSA) is 75.1 Å². The summed E-state index contributed by atoms with van der Waals surface area (Å²) >= 11 is 6.77. The molecule has 0 saturated carbocycles. The third-order valence-corrected chi connectivity index (χ3v) is 6.94. The minimum Gasteiger partial charge on any atom is -0.355 e. The van der Waals surface area contributed by atoms with Gasteiger partial charge >= 0.3 is 0 Å². The highest BCUT2D eigenvalue weighted by molar-refractivity contribution is 6.31. The van der Waals surface area contributed by atoms with Gasteiger partial charge in [-0.15, -0.1) is 0 Å². The van der Waals surface area contributed by atoms with E-state index in [1.54, 1.807) is 12.5 Å². The molecule has 8 heteroatoms. The van der Waals surface area contributed by atoms with Gasteiger partial charge in [0.25, 0.3) is 0 Å². The number of carbonyl (C=O) groups is 1. The molecule has 172 valence electrons. The molecule has 0 unspecified atom stereocenters. The zero-order valence-corrected chi connectivity index (χ0v) is 19.3. The lowest BCUT2D eigenvalue weighted by Crippen LogP contribution is -2.58. The first-order valence-corrected chi connectivity index (χ1v) is 12.0. The van der Waals surface area contributed by atoms with Gasteiger partial charge in [0.2, 0.25) is 5.91 Å². The highest BCUT2D eigenvalue weighted by Gasteiger charge is 2.35. The zero-order valence-electron chi connectivity index (χ0n) is 18.6. The first-order valence-electron chi connectivity index (χ1n) is 11.6. The second-order valence-electron chi connectivity index (χ2n) is 8.71.